The number of hydrogen-bond donors (Lipinski definition) is 0. The molecule has 1 aromatic heterocycles. The minimum atomic E-state index is -0.0482. The Labute approximate surface area is 178 Å². The molecule has 0 bridgehead atoms. The minimum absolute atomic E-state index is 0.0482. The average Bonchev–Trinajstić information content (AvgIpc) is 3.17. The number of methoxy groups -OCH3 is 1. The monoisotopic (exact) mass is 422 g/mol. The third kappa shape index (κ3) is 4.42. The predicted molar refractivity (Wildman–Crippen MR) is 119 cm³/mol. The van der Waals surface area contributed by atoms with Crippen molar-refractivity contribution in [2.45, 2.75) is 13.0 Å². The summed E-state index contributed by atoms with van der Waals surface area (Å²) >= 11 is 7.77. The van der Waals surface area contributed by atoms with Crippen molar-refractivity contribution >= 4 is 44.2 Å². The molecule has 146 valence electrons. The molecule has 6 heteroatoms. The number of thiazole rings is 1. The van der Waals surface area contributed by atoms with E-state index < -0.39 is 0 Å². The maximum absolute atomic E-state index is 13.3. The number of carbonyl (C=O) groups is 1. The first-order chi connectivity index (χ1) is 14.1. The third-order valence-corrected chi connectivity index (χ3v) is 6.03. The Bertz CT molecular complexity index is 1140. The van der Waals surface area contributed by atoms with Gasteiger partial charge in [0.25, 0.3) is 0 Å². The van der Waals surface area contributed by atoms with Gasteiger partial charge in [-0.05, 0) is 29.3 Å². The van der Waals surface area contributed by atoms with E-state index in [0.29, 0.717) is 16.7 Å². The second-order valence-electron chi connectivity index (χ2n) is 6.56. The van der Waals surface area contributed by atoms with Gasteiger partial charge in [-0.15, -0.1) is 0 Å². The lowest BCUT2D eigenvalue weighted by molar-refractivity contribution is -0.118. The first-order valence-corrected chi connectivity index (χ1v) is 10.4. The molecule has 0 fully saturated rings. The van der Waals surface area contributed by atoms with Gasteiger partial charge in [-0.25, -0.2) is 4.98 Å². The Balaban J connectivity index is 1.70. The lowest BCUT2D eigenvalue weighted by atomic mass is 10.1. The van der Waals surface area contributed by atoms with Gasteiger partial charge >= 0.3 is 0 Å². The van der Waals surface area contributed by atoms with Crippen LogP contribution in [0, 0.1) is 0 Å². The molecule has 3 aromatic carbocycles. The highest BCUT2D eigenvalue weighted by Gasteiger charge is 2.21. The second kappa shape index (κ2) is 8.64. The van der Waals surface area contributed by atoms with Crippen LogP contribution in [0.15, 0.2) is 72.8 Å². The number of halogens is 1. The van der Waals surface area contributed by atoms with Gasteiger partial charge in [-0.1, -0.05) is 71.5 Å². The van der Waals surface area contributed by atoms with Crippen LogP contribution in [-0.2, 0) is 17.8 Å². The van der Waals surface area contributed by atoms with Crippen molar-refractivity contribution in [3.05, 3.63) is 88.9 Å². The Kier molecular flexibility index (Phi) is 5.79. The summed E-state index contributed by atoms with van der Waals surface area (Å²) in [6.45, 7) is 0.446. The van der Waals surface area contributed by atoms with Crippen LogP contribution in [0.4, 0.5) is 5.13 Å². The largest absolute Gasteiger partial charge is 0.497 e. The van der Waals surface area contributed by atoms with Gasteiger partial charge in [-0.3, -0.25) is 9.69 Å². The molecule has 1 heterocycles. The molecule has 4 aromatic rings. The minimum Gasteiger partial charge on any atom is -0.497 e. The summed E-state index contributed by atoms with van der Waals surface area (Å²) in [5.41, 5.74) is 2.66. The van der Waals surface area contributed by atoms with Crippen molar-refractivity contribution in [2.75, 3.05) is 12.0 Å². The lowest BCUT2D eigenvalue weighted by Gasteiger charge is -2.20. The Morgan fingerprint density at radius 3 is 2.59 bits per heavy atom. The highest BCUT2D eigenvalue weighted by atomic mass is 35.5. The molecule has 0 saturated heterocycles. The van der Waals surface area contributed by atoms with E-state index in [-0.39, 0.29) is 12.3 Å². The Morgan fingerprint density at radius 2 is 1.83 bits per heavy atom. The quantitative estimate of drug-likeness (QED) is 0.398. The van der Waals surface area contributed by atoms with Crippen LogP contribution in [0.25, 0.3) is 10.2 Å². The normalized spacial score (nSPS) is 10.8. The molecule has 0 saturated carbocycles. The Morgan fingerprint density at radius 1 is 1.07 bits per heavy atom. The van der Waals surface area contributed by atoms with Crippen LogP contribution < -0.4 is 9.64 Å². The molecule has 0 N–H and O–H groups in total. The van der Waals surface area contributed by atoms with E-state index in [1.54, 1.807) is 18.1 Å². The lowest BCUT2D eigenvalue weighted by Crippen LogP contribution is -2.31. The van der Waals surface area contributed by atoms with E-state index in [9.17, 15) is 4.79 Å². The van der Waals surface area contributed by atoms with E-state index in [0.717, 1.165) is 27.1 Å². The predicted octanol–water partition coefficient (Wildman–Crippen LogP) is 5.73. The SMILES string of the molecule is COc1ccc2sc(N(Cc3ccccc3)C(=O)Cc3ccccc3Cl)nc2c1. The fourth-order valence-electron chi connectivity index (χ4n) is 3.07. The van der Waals surface area contributed by atoms with Gasteiger partial charge < -0.3 is 4.74 Å². The molecular formula is C23H19ClN2O2S. The molecule has 0 atom stereocenters. The van der Waals surface area contributed by atoms with Gasteiger partial charge in [0.1, 0.15) is 5.75 Å². The van der Waals surface area contributed by atoms with Crippen LogP contribution in [0.2, 0.25) is 5.02 Å². The number of carbonyl (C=O) groups excluding carboxylic acids is 1. The molecule has 4 nitrogen and oxygen atoms in total. The number of amides is 1. The maximum Gasteiger partial charge on any atom is 0.233 e. The van der Waals surface area contributed by atoms with Gasteiger partial charge in [0.2, 0.25) is 5.91 Å². The number of aromatic nitrogens is 1. The topological polar surface area (TPSA) is 42.4 Å². The van der Waals surface area contributed by atoms with E-state index in [2.05, 4.69) is 0 Å². The summed E-state index contributed by atoms with van der Waals surface area (Å²) in [7, 11) is 1.63. The van der Waals surface area contributed by atoms with Crippen molar-refractivity contribution in [2.24, 2.45) is 0 Å². The fourth-order valence-corrected chi connectivity index (χ4v) is 4.23. The number of rotatable bonds is 6. The smallest absolute Gasteiger partial charge is 0.233 e. The molecule has 4 rings (SSSR count). The van der Waals surface area contributed by atoms with Crippen LogP contribution in [-0.4, -0.2) is 18.0 Å². The first kappa shape index (κ1) is 19.4. The van der Waals surface area contributed by atoms with E-state index >= 15 is 0 Å². The highest BCUT2D eigenvalue weighted by molar-refractivity contribution is 7.22. The molecule has 0 aliphatic carbocycles. The van der Waals surface area contributed by atoms with Gasteiger partial charge in [0.05, 0.1) is 30.3 Å². The molecule has 1 amide bonds. The Hall–Kier alpha value is -2.89. The zero-order valence-corrected chi connectivity index (χ0v) is 17.4. The van der Waals surface area contributed by atoms with E-state index in [1.165, 1.54) is 11.3 Å². The first-order valence-electron chi connectivity index (χ1n) is 9.16. The molecule has 0 spiro atoms. The van der Waals surface area contributed by atoms with Crippen LogP contribution in [0.1, 0.15) is 11.1 Å². The zero-order valence-electron chi connectivity index (χ0n) is 15.8. The standard InChI is InChI=1S/C23H19ClN2O2S/c1-28-18-11-12-21-20(14-18)25-23(29-21)26(15-16-7-3-2-4-8-16)22(27)13-17-9-5-6-10-19(17)24/h2-12,14H,13,15H2,1H3. The van der Waals surface area contributed by atoms with Crippen LogP contribution in [0.3, 0.4) is 0 Å². The molecule has 0 radical (unpaired) electrons. The average molecular weight is 423 g/mol. The van der Waals surface area contributed by atoms with Crippen molar-refractivity contribution in [3.8, 4) is 5.75 Å². The summed E-state index contributed by atoms with van der Waals surface area (Å²) in [5.74, 6) is 0.694. The number of anilines is 1. The van der Waals surface area contributed by atoms with Gasteiger partial charge in [-0.2, -0.15) is 0 Å². The summed E-state index contributed by atoms with van der Waals surface area (Å²) in [6.07, 6.45) is 0.214. The van der Waals surface area contributed by atoms with Crippen molar-refractivity contribution in [3.63, 3.8) is 0 Å². The zero-order chi connectivity index (χ0) is 20.2. The van der Waals surface area contributed by atoms with E-state index in [1.807, 2.05) is 66.7 Å². The van der Waals surface area contributed by atoms with Crippen LogP contribution in [0.5, 0.6) is 5.75 Å². The van der Waals surface area contributed by atoms with Gasteiger partial charge in [0.15, 0.2) is 5.13 Å². The van der Waals surface area contributed by atoms with Crippen molar-refractivity contribution in [1.29, 1.82) is 0 Å². The molecule has 0 aliphatic heterocycles. The highest BCUT2D eigenvalue weighted by Crippen LogP contribution is 2.32. The number of benzene rings is 3. The third-order valence-electron chi connectivity index (χ3n) is 4.60. The number of nitrogens with zero attached hydrogens (tertiary/aromatic N) is 2. The van der Waals surface area contributed by atoms with E-state index in [4.69, 9.17) is 21.3 Å². The maximum atomic E-state index is 13.3. The van der Waals surface area contributed by atoms with Crippen LogP contribution >= 0.6 is 22.9 Å². The number of ether oxygens (including phenoxy) is 1. The summed E-state index contributed by atoms with van der Waals surface area (Å²) < 4.78 is 6.30. The second-order valence-corrected chi connectivity index (χ2v) is 7.98. The summed E-state index contributed by atoms with van der Waals surface area (Å²) in [6, 6.07) is 23.1. The van der Waals surface area contributed by atoms with Gasteiger partial charge in [0, 0.05) is 11.1 Å². The number of fused-ring (bicyclic) bond motifs is 1. The summed E-state index contributed by atoms with van der Waals surface area (Å²) in [4.78, 5) is 19.7. The molecule has 0 unspecified atom stereocenters. The molecule has 29 heavy (non-hydrogen) atoms. The molecular weight excluding hydrogens is 404 g/mol. The van der Waals surface area contributed by atoms with Crippen molar-refractivity contribution < 1.29 is 9.53 Å². The number of hydrogen-bond acceptors (Lipinski definition) is 4. The molecule has 0 aliphatic rings. The fraction of sp³-hybridized carbons (Fsp3) is 0.130. The summed E-state index contributed by atoms with van der Waals surface area (Å²) in [5, 5.41) is 1.25. The van der Waals surface area contributed by atoms with Crippen molar-refractivity contribution in [1.82, 2.24) is 4.98 Å².